The molecule has 1 atom stereocenters. The summed E-state index contributed by atoms with van der Waals surface area (Å²) in [5, 5.41) is 3.27. The van der Waals surface area contributed by atoms with Gasteiger partial charge in [0.1, 0.15) is 10.3 Å². The van der Waals surface area contributed by atoms with E-state index in [4.69, 9.17) is 23.2 Å². The van der Waals surface area contributed by atoms with Crippen molar-refractivity contribution in [3.05, 3.63) is 58.1 Å². The zero-order chi connectivity index (χ0) is 17.7. The molecule has 0 fully saturated rings. The Hall–Kier alpha value is -2.18. The fourth-order valence-electron chi connectivity index (χ4n) is 1.96. The van der Waals surface area contributed by atoms with Gasteiger partial charge in [-0.2, -0.15) is 0 Å². The SMILES string of the molecule is CC(CNC(=O)c1ccnc(Cl)c1)N(C)C(=O)c1ccnc(Cl)c1. The fraction of sp³-hybridized carbons (Fsp3) is 0.250. The summed E-state index contributed by atoms with van der Waals surface area (Å²) in [6.45, 7) is 2.13. The minimum atomic E-state index is -0.279. The van der Waals surface area contributed by atoms with Gasteiger partial charge in [0, 0.05) is 43.2 Å². The lowest BCUT2D eigenvalue weighted by molar-refractivity contribution is 0.0731. The summed E-state index contributed by atoms with van der Waals surface area (Å²) in [6, 6.07) is 5.93. The van der Waals surface area contributed by atoms with Crippen LogP contribution in [0.5, 0.6) is 0 Å². The monoisotopic (exact) mass is 366 g/mol. The van der Waals surface area contributed by atoms with Gasteiger partial charge in [-0.25, -0.2) is 9.97 Å². The standard InChI is InChI=1S/C16H16Cl2N4O2/c1-10(9-21-15(23)11-3-5-19-13(17)7-11)22(2)16(24)12-4-6-20-14(18)8-12/h3-8,10H,9H2,1-2H3,(H,21,23). The molecule has 0 radical (unpaired) electrons. The second-order valence-corrected chi connectivity index (χ2v) is 5.98. The van der Waals surface area contributed by atoms with Crippen LogP contribution in [-0.4, -0.2) is 46.3 Å². The van der Waals surface area contributed by atoms with Gasteiger partial charge in [-0.3, -0.25) is 9.59 Å². The van der Waals surface area contributed by atoms with Crippen LogP contribution in [0.25, 0.3) is 0 Å². The summed E-state index contributed by atoms with van der Waals surface area (Å²) in [7, 11) is 1.66. The quantitative estimate of drug-likeness (QED) is 0.825. The maximum atomic E-state index is 12.4. The van der Waals surface area contributed by atoms with E-state index in [1.54, 1.807) is 19.2 Å². The number of carbonyl (C=O) groups excluding carboxylic acids is 2. The molecule has 0 aliphatic rings. The number of nitrogens with zero attached hydrogens (tertiary/aromatic N) is 3. The molecule has 8 heteroatoms. The van der Waals surface area contributed by atoms with E-state index in [-0.39, 0.29) is 28.2 Å². The van der Waals surface area contributed by atoms with Crippen LogP contribution in [-0.2, 0) is 0 Å². The number of aromatic nitrogens is 2. The lowest BCUT2D eigenvalue weighted by atomic mass is 10.2. The summed E-state index contributed by atoms with van der Waals surface area (Å²) in [5.41, 5.74) is 0.855. The van der Waals surface area contributed by atoms with Gasteiger partial charge in [-0.1, -0.05) is 23.2 Å². The molecule has 0 bridgehead atoms. The molecular formula is C16H16Cl2N4O2. The van der Waals surface area contributed by atoms with Crippen molar-refractivity contribution in [2.75, 3.05) is 13.6 Å². The predicted molar refractivity (Wildman–Crippen MR) is 92.4 cm³/mol. The molecule has 2 amide bonds. The van der Waals surface area contributed by atoms with Crippen molar-refractivity contribution in [2.24, 2.45) is 0 Å². The molecule has 0 aromatic carbocycles. The minimum absolute atomic E-state index is 0.201. The van der Waals surface area contributed by atoms with Crippen LogP contribution in [0.1, 0.15) is 27.6 Å². The second kappa shape index (κ2) is 8.08. The molecule has 0 aliphatic carbocycles. The van der Waals surface area contributed by atoms with E-state index in [0.29, 0.717) is 17.7 Å². The smallest absolute Gasteiger partial charge is 0.254 e. The highest BCUT2D eigenvalue weighted by atomic mass is 35.5. The Morgan fingerprint density at radius 2 is 1.67 bits per heavy atom. The Kier molecular flexibility index (Phi) is 6.11. The van der Waals surface area contributed by atoms with Gasteiger partial charge in [0.05, 0.1) is 0 Å². The molecule has 0 saturated carbocycles. The van der Waals surface area contributed by atoms with Crippen molar-refractivity contribution in [3.63, 3.8) is 0 Å². The molecule has 0 spiro atoms. The second-order valence-electron chi connectivity index (χ2n) is 5.21. The zero-order valence-electron chi connectivity index (χ0n) is 13.2. The van der Waals surface area contributed by atoms with Crippen molar-refractivity contribution in [1.82, 2.24) is 20.2 Å². The molecule has 2 heterocycles. The van der Waals surface area contributed by atoms with Crippen LogP contribution in [0.3, 0.4) is 0 Å². The van der Waals surface area contributed by atoms with E-state index in [0.717, 1.165) is 0 Å². The summed E-state index contributed by atoms with van der Waals surface area (Å²) < 4.78 is 0. The molecule has 0 saturated heterocycles. The number of nitrogens with one attached hydrogen (secondary N) is 1. The van der Waals surface area contributed by atoms with Crippen LogP contribution in [0.2, 0.25) is 10.3 Å². The van der Waals surface area contributed by atoms with Gasteiger partial charge in [0.15, 0.2) is 0 Å². The zero-order valence-corrected chi connectivity index (χ0v) is 14.7. The predicted octanol–water partition coefficient (Wildman–Crippen LogP) is 2.67. The number of amides is 2. The summed E-state index contributed by atoms with van der Waals surface area (Å²) >= 11 is 11.6. The first kappa shape index (κ1) is 18.2. The average Bonchev–Trinajstić information content (AvgIpc) is 2.58. The molecule has 1 N–H and O–H groups in total. The Morgan fingerprint density at radius 3 is 2.25 bits per heavy atom. The lowest BCUT2D eigenvalue weighted by Gasteiger charge is -2.25. The maximum absolute atomic E-state index is 12.4. The Bertz CT molecular complexity index is 754. The van der Waals surface area contributed by atoms with E-state index < -0.39 is 0 Å². The van der Waals surface area contributed by atoms with Crippen LogP contribution in [0.4, 0.5) is 0 Å². The molecule has 126 valence electrons. The third-order valence-corrected chi connectivity index (χ3v) is 3.92. The van der Waals surface area contributed by atoms with E-state index in [1.165, 1.54) is 29.4 Å². The van der Waals surface area contributed by atoms with Crippen LogP contribution < -0.4 is 5.32 Å². The van der Waals surface area contributed by atoms with E-state index in [1.807, 2.05) is 6.92 Å². The van der Waals surface area contributed by atoms with Crippen LogP contribution in [0, 0.1) is 0 Å². The first-order chi connectivity index (χ1) is 11.4. The highest BCUT2D eigenvalue weighted by Crippen LogP contribution is 2.11. The summed E-state index contributed by atoms with van der Waals surface area (Å²) in [4.78, 5) is 33.7. The number of rotatable bonds is 5. The Morgan fingerprint density at radius 1 is 1.12 bits per heavy atom. The number of hydrogen-bond donors (Lipinski definition) is 1. The van der Waals surface area contributed by atoms with Gasteiger partial charge in [0.25, 0.3) is 11.8 Å². The number of pyridine rings is 2. The fourth-order valence-corrected chi connectivity index (χ4v) is 2.31. The Labute approximate surface area is 149 Å². The number of hydrogen-bond acceptors (Lipinski definition) is 4. The minimum Gasteiger partial charge on any atom is -0.350 e. The number of likely N-dealkylation sites (N-methyl/N-ethyl adjacent to an activating group) is 1. The van der Waals surface area contributed by atoms with E-state index in [9.17, 15) is 9.59 Å². The molecule has 2 rings (SSSR count). The Balaban J connectivity index is 1.95. The largest absolute Gasteiger partial charge is 0.350 e. The maximum Gasteiger partial charge on any atom is 0.254 e. The number of carbonyl (C=O) groups is 2. The molecule has 2 aromatic heterocycles. The van der Waals surface area contributed by atoms with Crippen molar-refractivity contribution >= 4 is 35.0 Å². The highest BCUT2D eigenvalue weighted by molar-refractivity contribution is 6.30. The van der Waals surface area contributed by atoms with Crippen molar-refractivity contribution in [1.29, 1.82) is 0 Å². The molecular weight excluding hydrogens is 351 g/mol. The number of halogens is 2. The van der Waals surface area contributed by atoms with Crippen molar-refractivity contribution < 1.29 is 9.59 Å². The normalized spacial score (nSPS) is 11.7. The molecule has 24 heavy (non-hydrogen) atoms. The van der Waals surface area contributed by atoms with Crippen molar-refractivity contribution in [2.45, 2.75) is 13.0 Å². The third kappa shape index (κ3) is 4.66. The third-order valence-electron chi connectivity index (χ3n) is 3.50. The summed E-state index contributed by atoms with van der Waals surface area (Å²) in [5.74, 6) is -0.480. The van der Waals surface area contributed by atoms with Crippen LogP contribution >= 0.6 is 23.2 Å². The van der Waals surface area contributed by atoms with Crippen LogP contribution in [0.15, 0.2) is 36.7 Å². The topological polar surface area (TPSA) is 75.2 Å². The average molecular weight is 367 g/mol. The van der Waals surface area contributed by atoms with Gasteiger partial charge >= 0.3 is 0 Å². The molecule has 6 nitrogen and oxygen atoms in total. The van der Waals surface area contributed by atoms with E-state index in [2.05, 4.69) is 15.3 Å². The van der Waals surface area contributed by atoms with Gasteiger partial charge in [-0.05, 0) is 31.2 Å². The lowest BCUT2D eigenvalue weighted by Crippen LogP contribution is -2.43. The molecule has 0 aliphatic heterocycles. The molecule has 2 aromatic rings. The molecule has 1 unspecified atom stereocenters. The van der Waals surface area contributed by atoms with E-state index >= 15 is 0 Å². The summed E-state index contributed by atoms with van der Waals surface area (Å²) in [6.07, 6.45) is 2.94. The van der Waals surface area contributed by atoms with Gasteiger partial charge in [0.2, 0.25) is 0 Å². The van der Waals surface area contributed by atoms with Gasteiger partial charge < -0.3 is 10.2 Å². The highest BCUT2D eigenvalue weighted by Gasteiger charge is 2.19. The first-order valence-corrected chi connectivity index (χ1v) is 7.92. The first-order valence-electron chi connectivity index (χ1n) is 7.17. The van der Waals surface area contributed by atoms with Gasteiger partial charge in [-0.15, -0.1) is 0 Å². The van der Waals surface area contributed by atoms with Crippen molar-refractivity contribution in [3.8, 4) is 0 Å².